The molecule has 1 saturated heterocycles. The fourth-order valence-corrected chi connectivity index (χ4v) is 1.58. The van der Waals surface area contributed by atoms with Crippen molar-refractivity contribution in [1.82, 2.24) is 0 Å². The van der Waals surface area contributed by atoms with Crippen molar-refractivity contribution in [1.29, 1.82) is 0 Å². The lowest BCUT2D eigenvalue weighted by Crippen LogP contribution is -2.30. The maximum atomic E-state index is 5.61. The lowest BCUT2D eigenvalue weighted by atomic mass is 10.1. The Hall–Kier alpha value is -0.0800. The Morgan fingerprint density at radius 2 is 2.17 bits per heavy atom. The molecule has 1 heterocycles. The third kappa shape index (κ3) is 3.55. The lowest BCUT2D eigenvalue weighted by molar-refractivity contribution is -0.203. The zero-order valence-corrected chi connectivity index (χ0v) is 8.21. The Morgan fingerprint density at radius 1 is 1.33 bits per heavy atom. The Labute approximate surface area is 75.2 Å². The fraction of sp³-hybridized carbons (Fsp3) is 1.00. The van der Waals surface area contributed by atoms with Crippen LogP contribution in [0.3, 0.4) is 0 Å². The van der Waals surface area contributed by atoms with E-state index in [1.807, 2.05) is 6.92 Å². The standard InChI is InChI=1S/C10H20O2/c1-3-4-5-6-10-7-8-11-9(2)12-10/h9-10H,3-8H2,1-2H3/t9-,10-/m1/s1. The van der Waals surface area contributed by atoms with Crippen molar-refractivity contribution < 1.29 is 9.47 Å². The largest absolute Gasteiger partial charge is 0.353 e. The Balaban J connectivity index is 2.06. The molecule has 0 bridgehead atoms. The van der Waals surface area contributed by atoms with Gasteiger partial charge in [-0.05, 0) is 19.8 Å². The van der Waals surface area contributed by atoms with E-state index in [9.17, 15) is 0 Å². The van der Waals surface area contributed by atoms with Crippen LogP contribution < -0.4 is 0 Å². The van der Waals surface area contributed by atoms with Gasteiger partial charge in [0.25, 0.3) is 0 Å². The van der Waals surface area contributed by atoms with Crippen LogP contribution in [0, 0.1) is 0 Å². The van der Waals surface area contributed by atoms with Crippen LogP contribution >= 0.6 is 0 Å². The van der Waals surface area contributed by atoms with Crippen molar-refractivity contribution in [2.24, 2.45) is 0 Å². The topological polar surface area (TPSA) is 18.5 Å². The van der Waals surface area contributed by atoms with Gasteiger partial charge in [0.1, 0.15) is 0 Å². The highest BCUT2D eigenvalue weighted by atomic mass is 16.7. The van der Waals surface area contributed by atoms with Crippen LogP contribution in [0.2, 0.25) is 0 Å². The molecule has 0 aromatic heterocycles. The Kier molecular flexibility index (Phi) is 4.62. The van der Waals surface area contributed by atoms with Crippen molar-refractivity contribution in [3.05, 3.63) is 0 Å². The SMILES string of the molecule is CCCCC[C@@H]1CCO[C@@H](C)O1. The van der Waals surface area contributed by atoms with Crippen LogP contribution in [0.25, 0.3) is 0 Å². The van der Waals surface area contributed by atoms with Crippen molar-refractivity contribution in [2.75, 3.05) is 6.61 Å². The summed E-state index contributed by atoms with van der Waals surface area (Å²) in [5.74, 6) is 0. The van der Waals surface area contributed by atoms with E-state index in [0.29, 0.717) is 6.10 Å². The van der Waals surface area contributed by atoms with Crippen LogP contribution in [0.15, 0.2) is 0 Å². The summed E-state index contributed by atoms with van der Waals surface area (Å²) < 4.78 is 10.9. The van der Waals surface area contributed by atoms with E-state index in [0.717, 1.165) is 13.0 Å². The molecule has 12 heavy (non-hydrogen) atoms. The lowest BCUT2D eigenvalue weighted by Gasteiger charge is -2.27. The molecule has 1 rings (SSSR count). The van der Waals surface area contributed by atoms with E-state index in [-0.39, 0.29) is 6.29 Å². The van der Waals surface area contributed by atoms with E-state index in [4.69, 9.17) is 9.47 Å². The smallest absolute Gasteiger partial charge is 0.155 e. The average molecular weight is 172 g/mol. The second-order valence-electron chi connectivity index (χ2n) is 3.48. The molecule has 0 aliphatic carbocycles. The molecule has 0 amide bonds. The molecule has 1 fully saturated rings. The van der Waals surface area contributed by atoms with Crippen molar-refractivity contribution in [3.63, 3.8) is 0 Å². The minimum absolute atomic E-state index is 0.0189. The molecule has 0 unspecified atom stereocenters. The summed E-state index contributed by atoms with van der Waals surface area (Å²) >= 11 is 0. The molecular formula is C10H20O2. The summed E-state index contributed by atoms with van der Waals surface area (Å²) in [6, 6.07) is 0. The summed E-state index contributed by atoms with van der Waals surface area (Å²) in [7, 11) is 0. The highest BCUT2D eigenvalue weighted by Gasteiger charge is 2.18. The fourth-order valence-electron chi connectivity index (χ4n) is 1.58. The molecular weight excluding hydrogens is 152 g/mol. The first-order chi connectivity index (χ1) is 5.83. The predicted molar refractivity (Wildman–Crippen MR) is 49.0 cm³/mol. The maximum absolute atomic E-state index is 5.61. The van der Waals surface area contributed by atoms with Crippen molar-refractivity contribution >= 4 is 0 Å². The number of unbranched alkanes of at least 4 members (excludes halogenated alkanes) is 2. The minimum Gasteiger partial charge on any atom is -0.353 e. The highest BCUT2D eigenvalue weighted by molar-refractivity contribution is 4.62. The zero-order valence-electron chi connectivity index (χ0n) is 8.21. The molecule has 0 N–H and O–H groups in total. The van der Waals surface area contributed by atoms with Gasteiger partial charge in [-0.2, -0.15) is 0 Å². The molecule has 2 heteroatoms. The average Bonchev–Trinajstić information content (AvgIpc) is 2.05. The van der Waals surface area contributed by atoms with Gasteiger partial charge >= 0.3 is 0 Å². The van der Waals surface area contributed by atoms with E-state index >= 15 is 0 Å². The Morgan fingerprint density at radius 3 is 2.83 bits per heavy atom. The van der Waals surface area contributed by atoms with Crippen molar-refractivity contribution in [3.8, 4) is 0 Å². The molecule has 2 nitrogen and oxygen atoms in total. The molecule has 1 aliphatic rings. The van der Waals surface area contributed by atoms with E-state index in [1.165, 1.54) is 25.7 Å². The van der Waals surface area contributed by atoms with Gasteiger partial charge in [-0.25, -0.2) is 0 Å². The van der Waals surface area contributed by atoms with Crippen LogP contribution in [0.5, 0.6) is 0 Å². The minimum atomic E-state index is 0.0189. The summed E-state index contributed by atoms with van der Waals surface area (Å²) in [6.07, 6.45) is 6.68. The van der Waals surface area contributed by atoms with E-state index in [2.05, 4.69) is 6.92 Å². The van der Waals surface area contributed by atoms with Gasteiger partial charge in [0.05, 0.1) is 12.7 Å². The number of hydrogen-bond donors (Lipinski definition) is 0. The molecule has 2 atom stereocenters. The van der Waals surface area contributed by atoms with Crippen LogP contribution in [0.4, 0.5) is 0 Å². The molecule has 0 aromatic carbocycles. The molecule has 0 radical (unpaired) electrons. The molecule has 72 valence electrons. The van der Waals surface area contributed by atoms with E-state index < -0.39 is 0 Å². The summed E-state index contributed by atoms with van der Waals surface area (Å²) in [5, 5.41) is 0. The third-order valence-electron chi connectivity index (χ3n) is 2.31. The van der Waals surface area contributed by atoms with Gasteiger partial charge in [0, 0.05) is 0 Å². The first kappa shape index (κ1) is 10.0. The van der Waals surface area contributed by atoms with Crippen LogP contribution in [-0.2, 0) is 9.47 Å². The number of ether oxygens (including phenoxy) is 2. The molecule has 1 aliphatic heterocycles. The maximum Gasteiger partial charge on any atom is 0.155 e. The monoisotopic (exact) mass is 172 g/mol. The molecule has 0 saturated carbocycles. The predicted octanol–water partition coefficient (Wildman–Crippen LogP) is 2.72. The van der Waals surface area contributed by atoms with Gasteiger partial charge < -0.3 is 9.47 Å². The van der Waals surface area contributed by atoms with Gasteiger partial charge in [-0.3, -0.25) is 0 Å². The Bertz CT molecular complexity index is 114. The second kappa shape index (κ2) is 5.55. The highest BCUT2D eigenvalue weighted by Crippen LogP contribution is 2.17. The second-order valence-corrected chi connectivity index (χ2v) is 3.48. The van der Waals surface area contributed by atoms with Crippen LogP contribution in [-0.4, -0.2) is 19.0 Å². The summed E-state index contributed by atoms with van der Waals surface area (Å²) in [4.78, 5) is 0. The first-order valence-electron chi connectivity index (χ1n) is 5.10. The van der Waals surface area contributed by atoms with E-state index in [1.54, 1.807) is 0 Å². The van der Waals surface area contributed by atoms with Gasteiger partial charge in [-0.1, -0.05) is 26.2 Å². The summed E-state index contributed by atoms with van der Waals surface area (Å²) in [5.41, 5.74) is 0. The molecule has 0 spiro atoms. The quantitative estimate of drug-likeness (QED) is 0.607. The summed E-state index contributed by atoms with van der Waals surface area (Å²) in [6.45, 7) is 5.08. The number of hydrogen-bond acceptors (Lipinski definition) is 2. The molecule has 0 aromatic rings. The first-order valence-corrected chi connectivity index (χ1v) is 5.10. The van der Waals surface area contributed by atoms with Crippen molar-refractivity contribution in [2.45, 2.75) is 58.3 Å². The van der Waals surface area contributed by atoms with Gasteiger partial charge in [-0.15, -0.1) is 0 Å². The zero-order chi connectivity index (χ0) is 8.81. The van der Waals surface area contributed by atoms with Gasteiger partial charge in [0.2, 0.25) is 0 Å². The van der Waals surface area contributed by atoms with Gasteiger partial charge in [0.15, 0.2) is 6.29 Å². The number of rotatable bonds is 4. The normalized spacial score (nSPS) is 30.5. The van der Waals surface area contributed by atoms with Crippen LogP contribution in [0.1, 0.15) is 46.0 Å². The third-order valence-corrected chi connectivity index (χ3v) is 2.31.